The first-order valence-corrected chi connectivity index (χ1v) is 9.14. The van der Waals surface area contributed by atoms with Gasteiger partial charge in [0.25, 0.3) is 5.69 Å². The van der Waals surface area contributed by atoms with Gasteiger partial charge in [0.15, 0.2) is 5.65 Å². The van der Waals surface area contributed by atoms with Gasteiger partial charge in [-0.05, 0) is 13.0 Å². The second-order valence-electron chi connectivity index (χ2n) is 5.70. The second-order valence-corrected chi connectivity index (χ2v) is 6.64. The Morgan fingerprint density at radius 2 is 1.88 bits per heavy atom. The van der Waals surface area contributed by atoms with Gasteiger partial charge in [-0.3, -0.25) is 10.1 Å². The largest absolute Gasteiger partial charge is 0.324 e. The number of hydrogen-bond donors (Lipinski definition) is 0. The van der Waals surface area contributed by atoms with Crippen molar-refractivity contribution in [1.82, 2.24) is 19.7 Å². The number of para-hydroxylation sites is 2. The van der Waals surface area contributed by atoms with Crippen molar-refractivity contribution in [1.29, 1.82) is 0 Å². The highest BCUT2D eigenvalue weighted by Crippen LogP contribution is 2.29. The van der Waals surface area contributed by atoms with Gasteiger partial charge in [0.1, 0.15) is 5.52 Å². The Morgan fingerprint density at radius 1 is 1.12 bits per heavy atom. The van der Waals surface area contributed by atoms with Gasteiger partial charge in [-0.25, -0.2) is 4.98 Å². The van der Waals surface area contributed by atoms with E-state index >= 15 is 0 Å². The molecule has 0 aliphatic heterocycles. The molecule has 0 aliphatic rings. The molecule has 0 radical (unpaired) electrons. The van der Waals surface area contributed by atoms with Crippen LogP contribution in [0, 0.1) is 10.1 Å². The normalized spacial score (nSPS) is 11.3. The predicted molar refractivity (Wildman–Crippen MR) is 101 cm³/mol. The minimum Gasteiger partial charge on any atom is -0.324 e. The fourth-order valence-corrected chi connectivity index (χ4v) is 3.80. The zero-order valence-electron chi connectivity index (χ0n) is 14.0. The van der Waals surface area contributed by atoms with Crippen LogP contribution in [0.5, 0.6) is 0 Å². The smallest absolute Gasteiger partial charge is 0.273 e. The number of hydrogen-bond acceptors (Lipinski definition) is 6. The number of nitro benzene ring substituents is 1. The van der Waals surface area contributed by atoms with E-state index < -0.39 is 0 Å². The molecule has 0 bridgehead atoms. The maximum Gasteiger partial charge on any atom is 0.273 e. The molecule has 2 heterocycles. The first kappa shape index (κ1) is 16.5. The Kier molecular flexibility index (Phi) is 4.26. The van der Waals surface area contributed by atoms with Crippen LogP contribution in [0.25, 0.3) is 22.1 Å². The summed E-state index contributed by atoms with van der Waals surface area (Å²) in [5.74, 6) is 0.413. The highest BCUT2D eigenvalue weighted by Gasteiger charge is 2.16. The molecule has 26 heavy (non-hydrogen) atoms. The Balaban J connectivity index is 1.70. The van der Waals surface area contributed by atoms with Crippen LogP contribution >= 0.6 is 11.8 Å². The monoisotopic (exact) mass is 365 g/mol. The van der Waals surface area contributed by atoms with E-state index in [0.717, 1.165) is 28.6 Å². The van der Waals surface area contributed by atoms with E-state index in [4.69, 9.17) is 0 Å². The van der Waals surface area contributed by atoms with Gasteiger partial charge in [0.05, 0.1) is 10.4 Å². The summed E-state index contributed by atoms with van der Waals surface area (Å²) in [7, 11) is 0. The van der Waals surface area contributed by atoms with Crippen molar-refractivity contribution in [2.75, 3.05) is 0 Å². The van der Waals surface area contributed by atoms with Crippen molar-refractivity contribution in [2.24, 2.45) is 0 Å². The summed E-state index contributed by atoms with van der Waals surface area (Å²) in [6, 6.07) is 14.7. The number of fused-ring (bicyclic) bond motifs is 3. The molecule has 0 saturated heterocycles. The van der Waals surface area contributed by atoms with Gasteiger partial charge in [-0.1, -0.05) is 48.2 Å². The molecule has 7 nitrogen and oxygen atoms in total. The summed E-state index contributed by atoms with van der Waals surface area (Å²) in [4.78, 5) is 15.4. The quantitative estimate of drug-likeness (QED) is 0.299. The predicted octanol–water partition coefficient (Wildman–Crippen LogP) is 4.20. The molecular weight excluding hydrogens is 350 g/mol. The first-order valence-electron chi connectivity index (χ1n) is 8.15. The maximum atomic E-state index is 11.1. The Hall–Kier alpha value is -3.00. The standard InChI is InChI=1S/C18H15N5O2S/c1-2-22-15-10-6-4-8-13(15)16-17(22)19-18(21-20-16)26-11-12-7-3-5-9-14(12)23(24)25/h3-10H,2,11H2,1H3. The molecule has 0 fully saturated rings. The van der Waals surface area contributed by atoms with Gasteiger partial charge in [0.2, 0.25) is 5.16 Å². The number of thioether (sulfide) groups is 1. The highest BCUT2D eigenvalue weighted by atomic mass is 32.2. The number of rotatable bonds is 5. The molecular formula is C18H15N5O2S. The van der Waals surface area contributed by atoms with Crippen LogP contribution in [0.4, 0.5) is 5.69 Å². The molecule has 0 N–H and O–H groups in total. The maximum absolute atomic E-state index is 11.1. The van der Waals surface area contributed by atoms with Crippen LogP contribution in [0.2, 0.25) is 0 Å². The summed E-state index contributed by atoms with van der Waals surface area (Å²) in [6.45, 7) is 2.84. The van der Waals surface area contributed by atoms with Crippen molar-refractivity contribution in [3.8, 4) is 0 Å². The molecule has 0 spiro atoms. The van der Waals surface area contributed by atoms with Crippen LogP contribution in [-0.4, -0.2) is 24.7 Å². The average molecular weight is 365 g/mol. The number of nitrogens with zero attached hydrogens (tertiary/aromatic N) is 5. The first-order chi connectivity index (χ1) is 12.7. The third-order valence-corrected chi connectivity index (χ3v) is 5.10. The van der Waals surface area contributed by atoms with Gasteiger partial charge in [0, 0.05) is 29.3 Å². The van der Waals surface area contributed by atoms with Gasteiger partial charge >= 0.3 is 0 Å². The van der Waals surface area contributed by atoms with Gasteiger partial charge in [-0.15, -0.1) is 10.2 Å². The molecule has 4 rings (SSSR count). The SMILES string of the molecule is CCn1c2ccccc2c2nnc(SCc3ccccc3[N+](=O)[O-])nc21. The Morgan fingerprint density at radius 3 is 2.69 bits per heavy atom. The second kappa shape index (κ2) is 6.72. The van der Waals surface area contributed by atoms with E-state index in [1.807, 2.05) is 24.3 Å². The van der Waals surface area contributed by atoms with E-state index in [0.29, 0.717) is 16.5 Å². The number of benzene rings is 2. The van der Waals surface area contributed by atoms with Crippen molar-refractivity contribution < 1.29 is 4.92 Å². The van der Waals surface area contributed by atoms with Crippen LogP contribution in [0.3, 0.4) is 0 Å². The van der Waals surface area contributed by atoms with E-state index in [-0.39, 0.29) is 10.6 Å². The van der Waals surface area contributed by atoms with Crippen LogP contribution in [0.1, 0.15) is 12.5 Å². The lowest BCUT2D eigenvalue weighted by Crippen LogP contribution is -1.99. The van der Waals surface area contributed by atoms with Crippen LogP contribution in [-0.2, 0) is 12.3 Å². The fraction of sp³-hybridized carbons (Fsp3) is 0.167. The number of aromatic nitrogens is 4. The lowest BCUT2D eigenvalue weighted by molar-refractivity contribution is -0.385. The zero-order valence-corrected chi connectivity index (χ0v) is 14.8. The molecule has 130 valence electrons. The molecule has 0 unspecified atom stereocenters. The van der Waals surface area contributed by atoms with Crippen molar-refractivity contribution in [3.63, 3.8) is 0 Å². The number of nitro groups is 1. The third kappa shape index (κ3) is 2.78. The van der Waals surface area contributed by atoms with Crippen LogP contribution < -0.4 is 0 Å². The summed E-state index contributed by atoms with van der Waals surface area (Å²) >= 11 is 1.35. The zero-order chi connectivity index (χ0) is 18.1. The van der Waals surface area contributed by atoms with E-state index in [1.54, 1.807) is 18.2 Å². The molecule has 2 aromatic carbocycles. The van der Waals surface area contributed by atoms with E-state index in [2.05, 4.69) is 26.7 Å². The Bertz CT molecular complexity index is 1130. The summed E-state index contributed by atoms with van der Waals surface area (Å²) in [5, 5.41) is 21.2. The summed E-state index contributed by atoms with van der Waals surface area (Å²) < 4.78 is 2.11. The summed E-state index contributed by atoms with van der Waals surface area (Å²) in [6.07, 6.45) is 0. The van der Waals surface area contributed by atoms with Gasteiger partial charge < -0.3 is 4.57 Å². The molecule has 0 atom stereocenters. The van der Waals surface area contributed by atoms with E-state index in [9.17, 15) is 10.1 Å². The lowest BCUT2D eigenvalue weighted by Gasteiger charge is -2.04. The average Bonchev–Trinajstić information content (AvgIpc) is 2.99. The van der Waals surface area contributed by atoms with Crippen molar-refractivity contribution >= 4 is 39.5 Å². The molecule has 4 aromatic rings. The molecule has 8 heteroatoms. The summed E-state index contributed by atoms with van der Waals surface area (Å²) in [5.41, 5.74) is 3.39. The Labute approximate surface area is 153 Å². The van der Waals surface area contributed by atoms with Crippen molar-refractivity contribution in [2.45, 2.75) is 24.4 Å². The van der Waals surface area contributed by atoms with Gasteiger partial charge in [-0.2, -0.15) is 0 Å². The lowest BCUT2D eigenvalue weighted by atomic mass is 10.2. The minimum absolute atomic E-state index is 0.108. The topological polar surface area (TPSA) is 86.7 Å². The molecule has 0 aliphatic carbocycles. The third-order valence-electron chi connectivity index (χ3n) is 4.22. The van der Waals surface area contributed by atoms with E-state index in [1.165, 1.54) is 17.8 Å². The molecule has 0 amide bonds. The van der Waals surface area contributed by atoms with Crippen molar-refractivity contribution in [3.05, 3.63) is 64.2 Å². The molecule has 2 aromatic heterocycles. The molecule has 0 saturated carbocycles. The fourth-order valence-electron chi connectivity index (χ4n) is 3.02. The minimum atomic E-state index is -0.368. The number of aryl methyl sites for hydroxylation is 1. The highest BCUT2D eigenvalue weighted by molar-refractivity contribution is 7.98. The van der Waals surface area contributed by atoms with Crippen LogP contribution in [0.15, 0.2) is 53.7 Å².